The summed E-state index contributed by atoms with van der Waals surface area (Å²) in [7, 11) is 0. The van der Waals surface area contributed by atoms with Crippen molar-refractivity contribution in [1.82, 2.24) is 4.90 Å². The highest BCUT2D eigenvalue weighted by molar-refractivity contribution is 5.79. The van der Waals surface area contributed by atoms with Gasteiger partial charge in [-0.2, -0.15) is 0 Å². The van der Waals surface area contributed by atoms with Crippen molar-refractivity contribution in [1.29, 1.82) is 0 Å². The minimum Gasteiger partial charge on any atom is -0.480 e. The zero-order valence-electron chi connectivity index (χ0n) is 8.81. The van der Waals surface area contributed by atoms with Crippen LogP contribution in [0, 0.1) is 0 Å². The lowest BCUT2D eigenvalue weighted by Crippen LogP contribution is -2.61. The molecule has 0 amide bonds. The molecule has 1 aliphatic rings. The fraction of sp³-hybridized carbons (Fsp3) is 0.417. The molecule has 0 spiro atoms. The van der Waals surface area contributed by atoms with Gasteiger partial charge in [0.1, 0.15) is 5.54 Å². The molecule has 0 bridgehead atoms. The van der Waals surface area contributed by atoms with Crippen LogP contribution < -0.4 is 0 Å². The van der Waals surface area contributed by atoms with Gasteiger partial charge < -0.3 is 5.11 Å². The molecule has 3 nitrogen and oxygen atoms in total. The van der Waals surface area contributed by atoms with Gasteiger partial charge in [0.15, 0.2) is 0 Å². The quantitative estimate of drug-likeness (QED) is 0.817. The molecule has 1 saturated heterocycles. The molecule has 80 valence electrons. The lowest BCUT2D eigenvalue weighted by Gasteiger charge is -2.47. The summed E-state index contributed by atoms with van der Waals surface area (Å²) in [6, 6.07) is 9.98. The van der Waals surface area contributed by atoms with Crippen molar-refractivity contribution in [2.45, 2.75) is 25.4 Å². The van der Waals surface area contributed by atoms with Crippen LogP contribution in [0.15, 0.2) is 30.3 Å². The van der Waals surface area contributed by atoms with Crippen molar-refractivity contribution in [2.75, 3.05) is 6.54 Å². The van der Waals surface area contributed by atoms with Gasteiger partial charge in [-0.15, -0.1) is 0 Å². The van der Waals surface area contributed by atoms with Gasteiger partial charge in [-0.25, -0.2) is 0 Å². The second-order valence-corrected chi connectivity index (χ2v) is 4.24. The molecule has 0 aliphatic carbocycles. The van der Waals surface area contributed by atoms with Crippen molar-refractivity contribution in [3.8, 4) is 0 Å². The normalized spacial score (nSPS) is 25.9. The molecule has 0 aromatic heterocycles. The van der Waals surface area contributed by atoms with Crippen molar-refractivity contribution in [3.05, 3.63) is 35.9 Å². The van der Waals surface area contributed by atoms with E-state index in [0.717, 1.165) is 19.5 Å². The molecule has 1 unspecified atom stereocenters. The van der Waals surface area contributed by atoms with Gasteiger partial charge in [-0.1, -0.05) is 30.3 Å². The van der Waals surface area contributed by atoms with Gasteiger partial charge >= 0.3 is 5.97 Å². The molecule has 0 radical (unpaired) electrons. The first-order valence-electron chi connectivity index (χ1n) is 5.15. The highest BCUT2D eigenvalue weighted by atomic mass is 16.4. The molecule has 1 heterocycles. The van der Waals surface area contributed by atoms with Crippen molar-refractivity contribution >= 4 is 5.97 Å². The van der Waals surface area contributed by atoms with E-state index in [1.165, 1.54) is 5.56 Å². The zero-order chi connectivity index (χ0) is 10.9. The minimum atomic E-state index is -0.718. The van der Waals surface area contributed by atoms with E-state index in [-0.39, 0.29) is 0 Å². The summed E-state index contributed by atoms with van der Waals surface area (Å²) in [6.07, 6.45) is 0.745. The number of likely N-dealkylation sites (tertiary alicyclic amines) is 1. The van der Waals surface area contributed by atoms with Crippen LogP contribution in [0.5, 0.6) is 0 Å². The van der Waals surface area contributed by atoms with Crippen molar-refractivity contribution in [2.24, 2.45) is 0 Å². The number of carboxylic acids is 1. The molecule has 0 saturated carbocycles. The Balaban J connectivity index is 2.06. The topological polar surface area (TPSA) is 40.5 Å². The summed E-state index contributed by atoms with van der Waals surface area (Å²) in [5, 5.41) is 9.10. The monoisotopic (exact) mass is 205 g/mol. The Kier molecular flexibility index (Phi) is 2.49. The molecule has 1 atom stereocenters. The Morgan fingerprint density at radius 1 is 1.47 bits per heavy atom. The number of carboxylic acid groups (broad SMARTS) is 1. The number of nitrogens with zero attached hydrogens (tertiary/aromatic N) is 1. The Hall–Kier alpha value is -1.35. The summed E-state index contributed by atoms with van der Waals surface area (Å²) in [6.45, 7) is 3.39. The molecule has 15 heavy (non-hydrogen) atoms. The second-order valence-electron chi connectivity index (χ2n) is 4.24. The Bertz CT molecular complexity index is 363. The summed E-state index contributed by atoms with van der Waals surface area (Å²) >= 11 is 0. The number of benzene rings is 1. The summed E-state index contributed by atoms with van der Waals surface area (Å²) in [4.78, 5) is 13.1. The van der Waals surface area contributed by atoms with Crippen LogP contribution >= 0.6 is 0 Å². The van der Waals surface area contributed by atoms with E-state index in [4.69, 9.17) is 5.11 Å². The lowest BCUT2D eigenvalue weighted by atomic mass is 9.86. The number of aliphatic carboxylic acids is 1. The summed E-state index contributed by atoms with van der Waals surface area (Å²) in [5.74, 6) is -0.718. The molecule has 1 N–H and O–H groups in total. The number of hydrogen-bond donors (Lipinski definition) is 1. The van der Waals surface area contributed by atoms with E-state index in [1.54, 1.807) is 6.92 Å². The average molecular weight is 205 g/mol. The second kappa shape index (κ2) is 3.66. The SMILES string of the molecule is CC1(C(=O)O)CCN1Cc1ccccc1. The Morgan fingerprint density at radius 2 is 2.13 bits per heavy atom. The highest BCUT2D eigenvalue weighted by Crippen LogP contribution is 2.31. The van der Waals surface area contributed by atoms with Crippen LogP contribution in [-0.2, 0) is 11.3 Å². The van der Waals surface area contributed by atoms with Gasteiger partial charge in [-0.3, -0.25) is 9.69 Å². The molecular weight excluding hydrogens is 190 g/mol. The van der Waals surface area contributed by atoms with E-state index >= 15 is 0 Å². The van der Waals surface area contributed by atoms with E-state index < -0.39 is 11.5 Å². The van der Waals surface area contributed by atoms with E-state index in [1.807, 2.05) is 35.2 Å². The average Bonchev–Trinajstić information content (AvgIpc) is 2.24. The smallest absolute Gasteiger partial charge is 0.323 e. The summed E-state index contributed by atoms with van der Waals surface area (Å²) in [5.41, 5.74) is 0.514. The maximum absolute atomic E-state index is 11.1. The van der Waals surface area contributed by atoms with Gasteiger partial charge in [0, 0.05) is 13.1 Å². The molecule has 1 aliphatic heterocycles. The van der Waals surface area contributed by atoms with E-state index in [2.05, 4.69) is 0 Å². The first-order valence-corrected chi connectivity index (χ1v) is 5.15. The third-order valence-electron chi connectivity index (χ3n) is 3.24. The number of rotatable bonds is 3. The standard InChI is InChI=1S/C12H15NO2/c1-12(11(14)15)7-8-13(12)9-10-5-3-2-4-6-10/h2-6H,7-9H2,1H3,(H,14,15). The van der Waals surface area contributed by atoms with E-state index in [0.29, 0.717) is 0 Å². The molecule has 1 aromatic carbocycles. The first kappa shape index (κ1) is 10.2. The third kappa shape index (κ3) is 1.75. The highest BCUT2D eigenvalue weighted by Gasteiger charge is 2.46. The zero-order valence-corrected chi connectivity index (χ0v) is 8.81. The summed E-state index contributed by atoms with van der Waals surface area (Å²) < 4.78 is 0. The predicted molar refractivity (Wildman–Crippen MR) is 57.5 cm³/mol. The largest absolute Gasteiger partial charge is 0.480 e. The van der Waals surface area contributed by atoms with Crippen LogP contribution in [0.2, 0.25) is 0 Å². The Labute approximate surface area is 89.3 Å². The van der Waals surface area contributed by atoms with Crippen LogP contribution in [0.3, 0.4) is 0 Å². The fourth-order valence-electron chi connectivity index (χ4n) is 1.90. The Morgan fingerprint density at radius 3 is 2.60 bits per heavy atom. The third-order valence-corrected chi connectivity index (χ3v) is 3.24. The fourth-order valence-corrected chi connectivity index (χ4v) is 1.90. The van der Waals surface area contributed by atoms with Crippen LogP contribution in [-0.4, -0.2) is 28.1 Å². The first-order chi connectivity index (χ1) is 7.13. The molecule has 1 fully saturated rings. The molecular formula is C12H15NO2. The van der Waals surface area contributed by atoms with Crippen molar-refractivity contribution in [3.63, 3.8) is 0 Å². The molecule has 2 rings (SSSR count). The minimum absolute atomic E-state index is 0.657. The van der Waals surface area contributed by atoms with Gasteiger partial charge in [0.25, 0.3) is 0 Å². The van der Waals surface area contributed by atoms with Gasteiger partial charge in [0.05, 0.1) is 0 Å². The molecule has 1 aromatic rings. The van der Waals surface area contributed by atoms with Crippen LogP contribution in [0.25, 0.3) is 0 Å². The van der Waals surface area contributed by atoms with Crippen LogP contribution in [0.4, 0.5) is 0 Å². The van der Waals surface area contributed by atoms with Gasteiger partial charge in [0.2, 0.25) is 0 Å². The van der Waals surface area contributed by atoms with Crippen molar-refractivity contribution < 1.29 is 9.90 Å². The molecule has 3 heteroatoms. The lowest BCUT2D eigenvalue weighted by molar-refractivity contribution is -0.160. The predicted octanol–water partition coefficient (Wildman–Crippen LogP) is 1.74. The number of carbonyl (C=O) groups is 1. The van der Waals surface area contributed by atoms with Gasteiger partial charge in [-0.05, 0) is 18.9 Å². The van der Waals surface area contributed by atoms with E-state index in [9.17, 15) is 4.79 Å². The number of hydrogen-bond acceptors (Lipinski definition) is 2. The maximum Gasteiger partial charge on any atom is 0.323 e. The van der Waals surface area contributed by atoms with Crippen LogP contribution in [0.1, 0.15) is 18.9 Å². The maximum atomic E-state index is 11.1.